The molecule has 0 saturated heterocycles. The number of rotatable bonds is 31. The summed E-state index contributed by atoms with van der Waals surface area (Å²) >= 11 is 0. The summed E-state index contributed by atoms with van der Waals surface area (Å²) in [6.07, 6.45) is 60.5. The van der Waals surface area contributed by atoms with Crippen molar-refractivity contribution in [2.45, 2.75) is 213 Å². The van der Waals surface area contributed by atoms with E-state index in [0.717, 1.165) is 18.9 Å². The Morgan fingerprint density at radius 2 is 0.778 bits per heavy atom. The minimum Gasteiger partial charge on any atom is -0.306 e. The van der Waals surface area contributed by atoms with Crippen LogP contribution in [0.1, 0.15) is 206 Å². The molecule has 0 aromatic heterocycles. The van der Waals surface area contributed by atoms with Gasteiger partial charge in [-0.05, 0) is 122 Å². The van der Waals surface area contributed by atoms with Gasteiger partial charge in [0.05, 0.1) is 0 Å². The summed E-state index contributed by atoms with van der Waals surface area (Å²) < 4.78 is 0. The van der Waals surface area contributed by atoms with Crippen molar-refractivity contribution < 1.29 is 0 Å². The fourth-order valence-corrected chi connectivity index (χ4v) is 7.33. The van der Waals surface area contributed by atoms with Crippen molar-refractivity contribution in [3.05, 3.63) is 48.6 Å². The summed E-state index contributed by atoms with van der Waals surface area (Å²) in [5, 5.41) is 0. The van der Waals surface area contributed by atoms with Crippen molar-refractivity contribution in [1.82, 2.24) is 4.90 Å². The molecule has 0 amide bonds. The maximum absolute atomic E-state index is 2.49. The van der Waals surface area contributed by atoms with Gasteiger partial charge < -0.3 is 4.90 Å². The van der Waals surface area contributed by atoms with Crippen LogP contribution in [0.5, 0.6) is 0 Å². The van der Waals surface area contributed by atoms with E-state index in [1.54, 1.807) is 0 Å². The molecule has 0 aliphatic heterocycles. The Bertz CT molecular complexity index is 667. The number of allylic oxidation sites excluding steroid dienone is 8. The molecule has 0 bridgehead atoms. The monoisotopic (exact) mass is 624 g/mol. The van der Waals surface area contributed by atoms with Crippen LogP contribution in [0, 0.1) is 5.41 Å². The lowest BCUT2D eigenvalue weighted by Gasteiger charge is -2.42. The minimum atomic E-state index is 0.664. The van der Waals surface area contributed by atoms with E-state index < -0.39 is 0 Å². The van der Waals surface area contributed by atoms with Crippen molar-refractivity contribution in [3.63, 3.8) is 0 Å². The Morgan fingerprint density at radius 3 is 1.13 bits per heavy atom. The summed E-state index contributed by atoms with van der Waals surface area (Å²) in [5.74, 6) is 0. The third-order valence-electron chi connectivity index (χ3n) is 10.6. The molecule has 262 valence electrons. The smallest absolute Gasteiger partial charge is 0.00895 e. The molecule has 1 aliphatic carbocycles. The second kappa shape index (κ2) is 31.5. The molecule has 1 aliphatic rings. The van der Waals surface area contributed by atoms with E-state index in [1.165, 1.54) is 180 Å². The number of unbranched alkanes of at least 4 members (excludes halogenated alkanes) is 18. The second-order valence-corrected chi connectivity index (χ2v) is 14.9. The zero-order chi connectivity index (χ0) is 32.5. The average Bonchev–Trinajstić information content (AvgIpc) is 3.04. The van der Waals surface area contributed by atoms with Crippen LogP contribution in [-0.4, -0.2) is 25.0 Å². The molecule has 0 heterocycles. The Hall–Kier alpha value is -1.08. The SMILES string of the molecule is CCCCC/C=C\C/C=C\CCCCCCCCC1(CCCCCCCC/C=C\C/C=C\CCCCC)CCC(N(C)C)CC1. The molecule has 0 N–H and O–H groups in total. The largest absolute Gasteiger partial charge is 0.306 e. The number of hydrogen-bond acceptors (Lipinski definition) is 1. The van der Waals surface area contributed by atoms with E-state index in [1.807, 2.05) is 0 Å². The summed E-state index contributed by atoms with van der Waals surface area (Å²) in [7, 11) is 4.59. The molecule has 0 aromatic rings. The molecule has 1 heteroatoms. The molecule has 1 nitrogen and oxygen atoms in total. The molecular formula is C44H81N. The van der Waals surface area contributed by atoms with Crippen molar-refractivity contribution in [2.24, 2.45) is 5.41 Å². The predicted octanol–water partition coefficient (Wildman–Crippen LogP) is 14.9. The molecule has 1 rings (SSSR count). The van der Waals surface area contributed by atoms with E-state index in [4.69, 9.17) is 0 Å². The van der Waals surface area contributed by atoms with Gasteiger partial charge >= 0.3 is 0 Å². The van der Waals surface area contributed by atoms with Gasteiger partial charge in [-0.15, -0.1) is 0 Å². The van der Waals surface area contributed by atoms with Crippen LogP contribution in [0.2, 0.25) is 0 Å². The van der Waals surface area contributed by atoms with Crippen molar-refractivity contribution in [2.75, 3.05) is 14.1 Å². The van der Waals surface area contributed by atoms with E-state index in [0.29, 0.717) is 5.41 Å². The van der Waals surface area contributed by atoms with Crippen LogP contribution >= 0.6 is 0 Å². The Balaban J connectivity index is 2.13. The maximum Gasteiger partial charge on any atom is 0.00895 e. The van der Waals surface area contributed by atoms with E-state index in [9.17, 15) is 0 Å². The molecule has 0 radical (unpaired) electrons. The summed E-state index contributed by atoms with van der Waals surface area (Å²) in [6.45, 7) is 4.56. The molecule has 1 fully saturated rings. The van der Waals surface area contributed by atoms with Crippen LogP contribution in [0.25, 0.3) is 0 Å². The highest BCUT2D eigenvalue weighted by Gasteiger charge is 2.34. The molecule has 0 atom stereocenters. The molecule has 1 saturated carbocycles. The Morgan fingerprint density at radius 1 is 0.444 bits per heavy atom. The molecular weight excluding hydrogens is 542 g/mol. The van der Waals surface area contributed by atoms with Crippen LogP contribution in [0.4, 0.5) is 0 Å². The Kier molecular flexibility index (Phi) is 29.4. The zero-order valence-corrected chi connectivity index (χ0v) is 31.4. The van der Waals surface area contributed by atoms with Crippen LogP contribution in [-0.2, 0) is 0 Å². The highest BCUT2D eigenvalue weighted by Crippen LogP contribution is 2.45. The second-order valence-electron chi connectivity index (χ2n) is 14.9. The van der Waals surface area contributed by atoms with Gasteiger partial charge in [0.1, 0.15) is 0 Å². The summed E-state index contributed by atoms with van der Waals surface area (Å²) in [6, 6.07) is 0.824. The van der Waals surface area contributed by atoms with Crippen LogP contribution in [0.3, 0.4) is 0 Å². The fourth-order valence-electron chi connectivity index (χ4n) is 7.33. The number of hydrogen-bond donors (Lipinski definition) is 0. The third kappa shape index (κ3) is 25.7. The van der Waals surface area contributed by atoms with E-state index in [2.05, 4.69) is 81.5 Å². The van der Waals surface area contributed by atoms with Crippen LogP contribution in [0.15, 0.2) is 48.6 Å². The van der Waals surface area contributed by atoms with Gasteiger partial charge in [-0.3, -0.25) is 0 Å². The lowest BCUT2D eigenvalue weighted by atomic mass is 9.66. The van der Waals surface area contributed by atoms with Gasteiger partial charge in [-0.2, -0.15) is 0 Å². The van der Waals surface area contributed by atoms with Gasteiger partial charge in [0.15, 0.2) is 0 Å². The van der Waals surface area contributed by atoms with Gasteiger partial charge in [-0.25, -0.2) is 0 Å². The molecule has 0 spiro atoms. The van der Waals surface area contributed by atoms with Crippen molar-refractivity contribution in [3.8, 4) is 0 Å². The zero-order valence-electron chi connectivity index (χ0n) is 31.4. The average molecular weight is 624 g/mol. The fraction of sp³-hybridized carbons (Fsp3) is 0.818. The summed E-state index contributed by atoms with van der Waals surface area (Å²) in [4.78, 5) is 2.49. The topological polar surface area (TPSA) is 3.24 Å². The molecule has 0 aromatic carbocycles. The quantitative estimate of drug-likeness (QED) is 0.0548. The van der Waals surface area contributed by atoms with Crippen LogP contribution < -0.4 is 0 Å². The van der Waals surface area contributed by atoms with Crippen molar-refractivity contribution in [1.29, 1.82) is 0 Å². The first-order valence-electron chi connectivity index (χ1n) is 20.4. The lowest BCUT2D eigenvalue weighted by Crippen LogP contribution is -2.37. The number of nitrogens with zero attached hydrogens (tertiary/aromatic N) is 1. The highest BCUT2D eigenvalue weighted by atomic mass is 15.1. The first-order chi connectivity index (χ1) is 22.1. The normalized spacial score (nSPS) is 16.1. The van der Waals surface area contributed by atoms with E-state index in [-0.39, 0.29) is 0 Å². The predicted molar refractivity (Wildman–Crippen MR) is 206 cm³/mol. The van der Waals surface area contributed by atoms with Gasteiger partial charge in [0.25, 0.3) is 0 Å². The van der Waals surface area contributed by atoms with Gasteiger partial charge in [0, 0.05) is 6.04 Å². The van der Waals surface area contributed by atoms with Gasteiger partial charge in [0.2, 0.25) is 0 Å². The Labute approximate surface area is 284 Å². The first kappa shape index (κ1) is 41.9. The lowest BCUT2D eigenvalue weighted by molar-refractivity contribution is 0.0938. The van der Waals surface area contributed by atoms with E-state index >= 15 is 0 Å². The van der Waals surface area contributed by atoms with Gasteiger partial charge in [-0.1, -0.05) is 152 Å². The highest BCUT2D eigenvalue weighted by molar-refractivity contribution is 4.93. The molecule has 0 unspecified atom stereocenters. The standard InChI is InChI=1S/C44H81N/c1-5-7-9-11-13-15-17-19-21-23-25-27-29-31-33-35-39-44(41-37-43(38-42-44)45(3)4)40-36-34-32-30-28-26-24-22-20-18-16-14-12-10-8-6-2/h13-16,19-22,43H,5-12,17-18,23-42H2,1-4H3/b15-13-,16-14-,21-19-,22-20-. The molecule has 45 heavy (non-hydrogen) atoms. The first-order valence-corrected chi connectivity index (χ1v) is 20.4. The summed E-state index contributed by atoms with van der Waals surface area (Å²) in [5.41, 5.74) is 0.664. The maximum atomic E-state index is 2.49. The third-order valence-corrected chi connectivity index (χ3v) is 10.6. The van der Waals surface area contributed by atoms with Crippen molar-refractivity contribution >= 4 is 0 Å². The minimum absolute atomic E-state index is 0.664.